The van der Waals surface area contributed by atoms with Crippen LogP contribution < -0.4 is 9.47 Å². The molecular weight excluding hydrogens is 325 g/mol. The molecule has 0 aliphatic heterocycles. The van der Waals surface area contributed by atoms with Gasteiger partial charge in [0.05, 0.1) is 18.8 Å². The number of carboxylic acid groups (broad SMARTS) is 1. The molecule has 1 N–H and O–H groups in total. The van der Waals surface area contributed by atoms with Crippen molar-refractivity contribution in [3.8, 4) is 17.6 Å². The quantitative estimate of drug-likeness (QED) is 0.639. The molecule has 128 valence electrons. The Bertz CT molecular complexity index is 837. The molecule has 1 atom stereocenters. The molecule has 2 aromatic rings. The van der Waals surface area contributed by atoms with Crippen LogP contribution in [0.15, 0.2) is 42.5 Å². The largest absolute Gasteiger partial charge is 0.493 e. The van der Waals surface area contributed by atoms with E-state index in [0.29, 0.717) is 16.9 Å². The molecule has 0 spiro atoms. The number of hydrogen-bond donors (Lipinski definition) is 1. The number of rotatable bonds is 6. The van der Waals surface area contributed by atoms with Gasteiger partial charge in [0.2, 0.25) is 0 Å². The van der Waals surface area contributed by atoms with Gasteiger partial charge >= 0.3 is 5.97 Å². The van der Waals surface area contributed by atoms with Crippen molar-refractivity contribution in [2.75, 3.05) is 7.11 Å². The van der Waals surface area contributed by atoms with Gasteiger partial charge in [-0.2, -0.15) is 5.26 Å². The molecule has 0 bridgehead atoms. The first-order valence-corrected chi connectivity index (χ1v) is 7.40. The number of para-hydroxylation sites is 1. The van der Waals surface area contributed by atoms with Crippen LogP contribution in [-0.4, -0.2) is 24.3 Å². The van der Waals surface area contributed by atoms with Crippen LogP contribution in [0.1, 0.15) is 18.1 Å². The maximum absolute atomic E-state index is 13.1. The predicted molar refractivity (Wildman–Crippen MR) is 90.6 cm³/mol. The van der Waals surface area contributed by atoms with Crippen molar-refractivity contribution in [1.82, 2.24) is 0 Å². The SMILES string of the molecule is COc1cccc(/C=C(/C#N)c2ccc(F)cc2)c1O[C@H](C)C(=O)O. The number of allylic oxidation sites excluding steroid dienone is 1. The van der Waals surface area contributed by atoms with Crippen LogP contribution in [-0.2, 0) is 4.79 Å². The lowest BCUT2D eigenvalue weighted by molar-refractivity contribution is -0.144. The van der Waals surface area contributed by atoms with Crippen molar-refractivity contribution >= 4 is 17.6 Å². The molecule has 0 saturated carbocycles. The zero-order valence-electron chi connectivity index (χ0n) is 13.7. The van der Waals surface area contributed by atoms with Crippen molar-refractivity contribution in [3.63, 3.8) is 0 Å². The Labute approximate surface area is 144 Å². The summed E-state index contributed by atoms with van der Waals surface area (Å²) in [7, 11) is 1.44. The van der Waals surface area contributed by atoms with E-state index in [1.54, 1.807) is 24.3 Å². The molecule has 0 amide bonds. The van der Waals surface area contributed by atoms with Crippen LogP contribution in [0.2, 0.25) is 0 Å². The summed E-state index contributed by atoms with van der Waals surface area (Å²) in [6, 6.07) is 12.6. The van der Waals surface area contributed by atoms with Gasteiger partial charge in [-0.05, 0) is 36.8 Å². The molecule has 0 unspecified atom stereocenters. The maximum Gasteiger partial charge on any atom is 0.344 e. The van der Waals surface area contributed by atoms with Gasteiger partial charge in [0.15, 0.2) is 17.6 Å². The molecule has 25 heavy (non-hydrogen) atoms. The Hall–Kier alpha value is -3.33. The molecule has 0 aliphatic rings. The molecule has 2 aromatic carbocycles. The van der Waals surface area contributed by atoms with Crippen LogP contribution in [0.25, 0.3) is 11.6 Å². The minimum atomic E-state index is -1.13. The third kappa shape index (κ3) is 4.36. The van der Waals surface area contributed by atoms with Crippen LogP contribution in [0, 0.1) is 17.1 Å². The first-order chi connectivity index (χ1) is 12.0. The van der Waals surface area contributed by atoms with E-state index in [2.05, 4.69) is 6.07 Å². The van der Waals surface area contributed by atoms with Crippen molar-refractivity contribution in [1.29, 1.82) is 5.26 Å². The number of halogens is 1. The molecular formula is C19H16FNO4. The highest BCUT2D eigenvalue weighted by molar-refractivity contribution is 5.91. The fourth-order valence-corrected chi connectivity index (χ4v) is 2.13. The minimum Gasteiger partial charge on any atom is -0.493 e. The molecule has 0 radical (unpaired) electrons. The smallest absolute Gasteiger partial charge is 0.344 e. The van der Waals surface area contributed by atoms with Crippen molar-refractivity contribution in [3.05, 3.63) is 59.4 Å². The second-order valence-electron chi connectivity index (χ2n) is 5.15. The van der Waals surface area contributed by atoms with E-state index in [1.165, 1.54) is 38.3 Å². The molecule has 0 aromatic heterocycles. The molecule has 0 fully saturated rings. The predicted octanol–water partition coefficient (Wildman–Crippen LogP) is 3.75. The van der Waals surface area contributed by atoms with Gasteiger partial charge in [0.25, 0.3) is 0 Å². The number of aliphatic carboxylic acids is 1. The second kappa shape index (κ2) is 7.97. The van der Waals surface area contributed by atoms with Crippen LogP contribution >= 0.6 is 0 Å². The van der Waals surface area contributed by atoms with Crippen LogP contribution in [0.5, 0.6) is 11.5 Å². The Morgan fingerprint density at radius 2 is 1.96 bits per heavy atom. The highest BCUT2D eigenvalue weighted by atomic mass is 19.1. The van der Waals surface area contributed by atoms with Gasteiger partial charge in [0, 0.05) is 5.56 Å². The summed E-state index contributed by atoms with van der Waals surface area (Å²) in [5.41, 5.74) is 1.29. The van der Waals surface area contributed by atoms with Gasteiger partial charge in [0.1, 0.15) is 5.82 Å². The molecule has 0 aliphatic carbocycles. The van der Waals surface area contributed by atoms with E-state index in [1.807, 2.05) is 0 Å². The Morgan fingerprint density at radius 3 is 2.52 bits per heavy atom. The summed E-state index contributed by atoms with van der Waals surface area (Å²) in [6.45, 7) is 1.40. The highest BCUT2D eigenvalue weighted by Gasteiger charge is 2.18. The first kappa shape index (κ1) is 18.0. The molecule has 0 saturated heterocycles. The number of benzene rings is 2. The van der Waals surface area contributed by atoms with Crippen molar-refractivity contribution in [2.45, 2.75) is 13.0 Å². The van der Waals surface area contributed by atoms with Crippen molar-refractivity contribution < 1.29 is 23.8 Å². The van der Waals surface area contributed by atoms with Gasteiger partial charge in [-0.1, -0.05) is 24.3 Å². The molecule has 5 nitrogen and oxygen atoms in total. The number of carbonyl (C=O) groups is 1. The summed E-state index contributed by atoms with van der Waals surface area (Å²) in [5, 5.41) is 18.5. The number of ether oxygens (including phenoxy) is 2. The summed E-state index contributed by atoms with van der Waals surface area (Å²) in [4.78, 5) is 11.1. The zero-order chi connectivity index (χ0) is 18.4. The van der Waals surface area contributed by atoms with Crippen LogP contribution in [0.4, 0.5) is 4.39 Å². The number of methoxy groups -OCH3 is 1. The monoisotopic (exact) mass is 341 g/mol. The second-order valence-corrected chi connectivity index (χ2v) is 5.15. The number of carboxylic acids is 1. The molecule has 6 heteroatoms. The van der Waals surface area contributed by atoms with Crippen LogP contribution in [0.3, 0.4) is 0 Å². The number of nitriles is 1. The van der Waals surface area contributed by atoms with E-state index in [-0.39, 0.29) is 11.3 Å². The highest BCUT2D eigenvalue weighted by Crippen LogP contribution is 2.34. The summed E-state index contributed by atoms with van der Waals surface area (Å²) in [5.74, 6) is -0.963. The standard InChI is InChI=1S/C19H16FNO4/c1-12(19(22)23)25-18-14(4-3-5-17(18)24-2)10-15(11-21)13-6-8-16(20)9-7-13/h3-10,12H,1-2H3,(H,22,23)/b15-10-/t12-/m1/s1. The Balaban J connectivity index is 2.51. The van der Waals surface area contributed by atoms with E-state index < -0.39 is 17.9 Å². The summed E-state index contributed by atoms with van der Waals surface area (Å²) in [6.07, 6.45) is 0.444. The Morgan fingerprint density at radius 1 is 1.28 bits per heavy atom. The lowest BCUT2D eigenvalue weighted by Crippen LogP contribution is -2.23. The summed E-state index contributed by atoms with van der Waals surface area (Å²) >= 11 is 0. The normalized spacial score (nSPS) is 12.2. The third-order valence-corrected chi connectivity index (χ3v) is 3.45. The van der Waals surface area contributed by atoms with E-state index in [9.17, 15) is 14.4 Å². The minimum absolute atomic E-state index is 0.217. The molecule has 2 rings (SSSR count). The van der Waals surface area contributed by atoms with Gasteiger partial charge in [-0.15, -0.1) is 0 Å². The topological polar surface area (TPSA) is 79.5 Å². The fraction of sp³-hybridized carbons (Fsp3) is 0.158. The maximum atomic E-state index is 13.1. The van der Waals surface area contributed by atoms with Gasteiger partial charge in [-0.25, -0.2) is 9.18 Å². The third-order valence-electron chi connectivity index (χ3n) is 3.45. The van der Waals surface area contributed by atoms with Gasteiger partial charge in [-0.3, -0.25) is 0 Å². The average Bonchev–Trinajstić information content (AvgIpc) is 2.61. The number of hydrogen-bond acceptors (Lipinski definition) is 4. The lowest BCUT2D eigenvalue weighted by Gasteiger charge is -2.16. The lowest BCUT2D eigenvalue weighted by atomic mass is 10.0. The Kier molecular flexibility index (Phi) is 5.75. The first-order valence-electron chi connectivity index (χ1n) is 7.40. The van der Waals surface area contributed by atoms with E-state index in [0.717, 1.165) is 0 Å². The average molecular weight is 341 g/mol. The van der Waals surface area contributed by atoms with Crippen molar-refractivity contribution in [2.24, 2.45) is 0 Å². The molecule has 0 heterocycles. The number of nitrogens with zero attached hydrogens (tertiary/aromatic N) is 1. The fourth-order valence-electron chi connectivity index (χ4n) is 2.13. The summed E-state index contributed by atoms with van der Waals surface area (Å²) < 4.78 is 23.8. The van der Waals surface area contributed by atoms with E-state index >= 15 is 0 Å². The van der Waals surface area contributed by atoms with Gasteiger partial charge < -0.3 is 14.6 Å². The van der Waals surface area contributed by atoms with E-state index in [4.69, 9.17) is 14.6 Å². The zero-order valence-corrected chi connectivity index (χ0v) is 13.7.